The summed E-state index contributed by atoms with van der Waals surface area (Å²) in [5.41, 5.74) is 7.27. The highest BCUT2D eigenvalue weighted by Gasteiger charge is 2.07. The number of aromatic nitrogens is 1. The lowest BCUT2D eigenvalue weighted by atomic mass is 10.1. The van der Waals surface area contributed by atoms with E-state index < -0.39 is 0 Å². The molecule has 1 aromatic heterocycles. The van der Waals surface area contributed by atoms with Crippen molar-refractivity contribution in [2.45, 2.75) is 19.4 Å². The molecule has 0 saturated heterocycles. The van der Waals surface area contributed by atoms with Crippen LogP contribution in [0.2, 0.25) is 0 Å². The highest BCUT2D eigenvalue weighted by molar-refractivity contribution is 5.80. The minimum Gasteiger partial charge on any atom is -0.361 e. The first-order valence-electron chi connectivity index (χ1n) is 4.68. The number of nitrogens with two attached hydrogens (primary N) is 1. The highest BCUT2D eigenvalue weighted by Crippen LogP contribution is 2.18. The van der Waals surface area contributed by atoms with Crippen LogP contribution >= 0.6 is 0 Å². The third-order valence-corrected chi connectivity index (χ3v) is 2.26. The van der Waals surface area contributed by atoms with Gasteiger partial charge in [-0.2, -0.15) is 0 Å². The van der Waals surface area contributed by atoms with E-state index in [0.717, 1.165) is 10.9 Å². The Morgan fingerprint density at radius 3 is 3.00 bits per heavy atom. The van der Waals surface area contributed by atoms with Crippen LogP contribution in [0.3, 0.4) is 0 Å². The Hall–Kier alpha value is -1.35. The molecule has 1 heterocycles. The number of benzene rings is 1. The van der Waals surface area contributed by atoms with Gasteiger partial charge >= 0.3 is 0 Å². The van der Waals surface area contributed by atoms with Crippen LogP contribution in [0.1, 0.15) is 12.5 Å². The Morgan fingerprint density at radius 1 is 1.50 bits per heavy atom. The topological polar surface area (TPSA) is 41.8 Å². The smallest absolute Gasteiger partial charge is 0.127 e. The lowest BCUT2D eigenvalue weighted by molar-refractivity contribution is 0.598. The standard InChI is InChI=1S/C11H13FN2/c1-7(13)4-9-6-11-8(2-3-14-11)5-10(9)12/h2-3,5-7,14H,4,13H2,1H3. The van der Waals surface area contributed by atoms with Crippen molar-refractivity contribution in [1.29, 1.82) is 0 Å². The number of halogens is 1. The fourth-order valence-electron chi connectivity index (χ4n) is 1.62. The molecule has 0 fully saturated rings. The van der Waals surface area contributed by atoms with Gasteiger partial charge in [0.15, 0.2) is 0 Å². The summed E-state index contributed by atoms with van der Waals surface area (Å²) in [5, 5.41) is 0.899. The largest absolute Gasteiger partial charge is 0.361 e. The van der Waals surface area contributed by atoms with Crippen molar-refractivity contribution in [3.63, 3.8) is 0 Å². The van der Waals surface area contributed by atoms with Gasteiger partial charge in [-0.05, 0) is 37.1 Å². The number of H-pyrrole nitrogens is 1. The van der Waals surface area contributed by atoms with Crippen molar-refractivity contribution in [3.05, 3.63) is 35.8 Å². The zero-order chi connectivity index (χ0) is 10.1. The normalized spacial score (nSPS) is 13.4. The number of rotatable bonds is 2. The maximum atomic E-state index is 13.5. The molecule has 2 aromatic rings. The van der Waals surface area contributed by atoms with Crippen molar-refractivity contribution in [1.82, 2.24) is 4.98 Å². The predicted molar refractivity (Wildman–Crippen MR) is 55.6 cm³/mol. The molecule has 14 heavy (non-hydrogen) atoms. The first-order chi connectivity index (χ1) is 6.66. The highest BCUT2D eigenvalue weighted by atomic mass is 19.1. The molecule has 3 N–H and O–H groups in total. The zero-order valence-electron chi connectivity index (χ0n) is 8.05. The molecule has 0 bridgehead atoms. The van der Waals surface area contributed by atoms with Crippen LogP contribution in [-0.4, -0.2) is 11.0 Å². The van der Waals surface area contributed by atoms with Gasteiger partial charge in [-0.25, -0.2) is 4.39 Å². The maximum Gasteiger partial charge on any atom is 0.127 e. The van der Waals surface area contributed by atoms with E-state index >= 15 is 0 Å². The van der Waals surface area contributed by atoms with Crippen LogP contribution in [0.15, 0.2) is 24.4 Å². The first kappa shape index (κ1) is 9.21. The van der Waals surface area contributed by atoms with Crippen LogP contribution in [0.25, 0.3) is 10.9 Å². The maximum absolute atomic E-state index is 13.5. The number of hydrogen-bond acceptors (Lipinski definition) is 1. The van der Waals surface area contributed by atoms with Crippen molar-refractivity contribution in [2.75, 3.05) is 0 Å². The van der Waals surface area contributed by atoms with Gasteiger partial charge in [-0.1, -0.05) is 0 Å². The molecule has 1 aromatic carbocycles. The summed E-state index contributed by atoms with van der Waals surface area (Å²) < 4.78 is 13.5. The van der Waals surface area contributed by atoms with E-state index in [1.54, 1.807) is 12.3 Å². The summed E-state index contributed by atoms with van der Waals surface area (Å²) in [6, 6.07) is 5.21. The average Bonchev–Trinajstić information content (AvgIpc) is 2.51. The molecule has 0 aliphatic rings. The van der Waals surface area contributed by atoms with Crippen LogP contribution in [0.5, 0.6) is 0 Å². The van der Waals surface area contributed by atoms with E-state index in [4.69, 9.17) is 5.73 Å². The molecule has 0 spiro atoms. The molecule has 0 aliphatic heterocycles. The summed E-state index contributed by atoms with van der Waals surface area (Å²) in [4.78, 5) is 3.05. The molecule has 0 saturated carbocycles. The first-order valence-corrected chi connectivity index (χ1v) is 4.68. The van der Waals surface area contributed by atoms with Gasteiger partial charge in [0.05, 0.1) is 0 Å². The lowest BCUT2D eigenvalue weighted by Crippen LogP contribution is -2.18. The van der Waals surface area contributed by atoms with Crippen molar-refractivity contribution < 1.29 is 4.39 Å². The summed E-state index contributed by atoms with van der Waals surface area (Å²) in [6.07, 6.45) is 2.38. The SMILES string of the molecule is CC(N)Cc1cc2[nH]ccc2cc1F. The Morgan fingerprint density at radius 2 is 2.29 bits per heavy atom. The number of hydrogen-bond donors (Lipinski definition) is 2. The number of fused-ring (bicyclic) bond motifs is 1. The Balaban J connectivity index is 2.48. The molecule has 2 nitrogen and oxygen atoms in total. The molecule has 74 valence electrons. The van der Waals surface area contributed by atoms with Gasteiger partial charge < -0.3 is 10.7 Å². The third kappa shape index (κ3) is 1.63. The quantitative estimate of drug-likeness (QED) is 0.752. The number of nitrogens with one attached hydrogen (secondary N) is 1. The summed E-state index contributed by atoms with van der Waals surface area (Å²) in [7, 11) is 0. The average molecular weight is 192 g/mol. The fourth-order valence-corrected chi connectivity index (χ4v) is 1.62. The van der Waals surface area contributed by atoms with Crippen molar-refractivity contribution in [2.24, 2.45) is 5.73 Å². The van der Waals surface area contributed by atoms with E-state index in [1.165, 1.54) is 0 Å². The van der Waals surface area contributed by atoms with Gasteiger partial charge in [-0.15, -0.1) is 0 Å². The predicted octanol–water partition coefficient (Wildman–Crippen LogP) is 2.20. The lowest BCUT2D eigenvalue weighted by Gasteiger charge is -2.06. The molecule has 0 aliphatic carbocycles. The van der Waals surface area contributed by atoms with E-state index in [-0.39, 0.29) is 11.9 Å². The molecule has 1 atom stereocenters. The molecule has 0 amide bonds. The fraction of sp³-hybridized carbons (Fsp3) is 0.273. The van der Waals surface area contributed by atoms with Crippen LogP contribution in [0.4, 0.5) is 4.39 Å². The number of aromatic amines is 1. The Labute approximate surface area is 81.9 Å². The van der Waals surface area contributed by atoms with Crippen molar-refractivity contribution >= 4 is 10.9 Å². The minimum absolute atomic E-state index is 0.0167. The van der Waals surface area contributed by atoms with Gasteiger partial charge in [0.25, 0.3) is 0 Å². The zero-order valence-corrected chi connectivity index (χ0v) is 8.05. The van der Waals surface area contributed by atoms with E-state index in [1.807, 2.05) is 19.1 Å². The van der Waals surface area contributed by atoms with E-state index in [0.29, 0.717) is 12.0 Å². The molecule has 3 heteroatoms. The van der Waals surface area contributed by atoms with Gasteiger partial charge in [0, 0.05) is 23.1 Å². The monoisotopic (exact) mass is 192 g/mol. The minimum atomic E-state index is -0.172. The van der Waals surface area contributed by atoms with Gasteiger partial charge in [0.2, 0.25) is 0 Å². The van der Waals surface area contributed by atoms with Crippen molar-refractivity contribution in [3.8, 4) is 0 Å². The molecular weight excluding hydrogens is 179 g/mol. The second-order valence-electron chi connectivity index (χ2n) is 3.69. The summed E-state index contributed by atoms with van der Waals surface area (Å²) in [5.74, 6) is -0.172. The van der Waals surface area contributed by atoms with Crippen LogP contribution in [0, 0.1) is 5.82 Å². The summed E-state index contributed by atoms with van der Waals surface area (Å²) >= 11 is 0. The summed E-state index contributed by atoms with van der Waals surface area (Å²) in [6.45, 7) is 1.87. The molecular formula is C11H13FN2. The van der Waals surface area contributed by atoms with Gasteiger partial charge in [-0.3, -0.25) is 0 Å². The second-order valence-corrected chi connectivity index (χ2v) is 3.69. The van der Waals surface area contributed by atoms with Gasteiger partial charge in [0.1, 0.15) is 5.82 Å². The van der Waals surface area contributed by atoms with Crippen LogP contribution < -0.4 is 5.73 Å². The molecule has 2 rings (SSSR count). The van der Waals surface area contributed by atoms with E-state index in [2.05, 4.69) is 4.98 Å². The Kier molecular flexibility index (Phi) is 2.25. The third-order valence-electron chi connectivity index (χ3n) is 2.26. The Bertz CT molecular complexity index is 445. The second kappa shape index (κ2) is 3.42. The van der Waals surface area contributed by atoms with E-state index in [9.17, 15) is 4.39 Å². The van der Waals surface area contributed by atoms with Crippen LogP contribution in [-0.2, 0) is 6.42 Å². The molecule has 0 radical (unpaired) electrons. The molecule has 1 unspecified atom stereocenters.